The average molecular weight is 772 g/mol. The Kier molecular flexibility index (Phi) is 13.8. The maximum atomic E-state index is 13.4. The van der Waals surface area contributed by atoms with Crippen molar-refractivity contribution in [2.75, 3.05) is 65.0 Å². The Morgan fingerprint density at radius 2 is 1.77 bits per heavy atom. The first-order valence-corrected chi connectivity index (χ1v) is 20.4. The molecule has 0 aromatic heterocycles. The van der Waals surface area contributed by atoms with Crippen molar-refractivity contribution in [2.24, 2.45) is 10.1 Å². The maximum Gasteiger partial charge on any atom is 0.293 e. The third kappa shape index (κ3) is 10.6. The second-order valence-electron chi connectivity index (χ2n) is 13.8. The molecule has 52 heavy (non-hydrogen) atoms. The molecule has 3 aromatic carbocycles. The zero-order valence-corrected chi connectivity index (χ0v) is 32.5. The molecule has 3 aromatic rings. The number of benzene rings is 3. The molecule has 0 amide bonds. The Morgan fingerprint density at radius 3 is 2.40 bits per heavy atom. The number of piperazine rings is 1. The highest BCUT2D eigenvalue weighted by Gasteiger charge is 2.38. The SMILES string of the molecule is COC1(Cc2ccccc2Cl)CCC(N2CCN(/C(N)=N/S(=O)(=O)c3ccc(N[C@H](CCN(C)C)CSc4ccccc4)c([N+](=O)[O-])c3)CC2)CC1. The average Bonchev–Trinajstić information content (AvgIpc) is 3.14. The summed E-state index contributed by atoms with van der Waals surface area (Å²) >= 11 is 8.11. The van der Waals surface area contributed by atoms with Crippen molar-refractivity contribution in [1.29, 1.82) is 0 Å². The van der Waals surface area contributed by atoms with E-state index in [4.69, 9.17) is 22.1 Å². The number of nitrogens with one attached hydrogen (secondary N) is 1. The van der Waals surface area contributed by atoms with E-state index in [2.05, 4.69) is 25.6 Å². The van der Waals surface area contributed by atoms with Crippen molar-refractivity contribution < 1.29 is 18.1 Å². The second kappa shape index (κ2) is 18.1. The zero-order valence-electron chi connectivity index (χ0n) is 30.1. The van der Waals surface area contributed by atoms with Crippen molar-refractivity contribution in [3.8, 4) is 0 Å². The van der Waals surface area contributed by atoms with Gasteiger partial charge in [0.25, 0.3) is 15.7 Å². The van der Waals surface area contributed by atoms with Gasteiger partial charge >= 0.3 is 0 Å². The van der Waals surface area contributed by atoms with Gasteiger partial charge < -0.3 is 25.6 Å². The van der Waals surface area contributed by atoms with E-state index in [1.165, 1.54) is 12.1 Å². The lowest BCUT2D eigenvalue weighted by molar-refractivity contribution is -0.384. The Balaban J connectivity index is 1.19. The number of nitro groups is 1. The van der Waals surface area contributed by atoms with Crippen LogP contribution in [0.3, 0.4) is 0 Å². The van der Waals surface area contributed by atoms with Crippen molar-refractivity contribution in [3.05, 3.63) is 93.5 Å². The Bertz CT molecular complexity index is 1780. The van der Waals surface area contributed by atoms with Gasteiger partial charge in [0, 0.05) is 73.5 Å². The minimum absolute atomic E-state index is 0.106. The number of nitro benzene ring substituents is 1. The molecule has 5 rings (SSSR count). The fourth-order valence-corrected chi connectivity index (χ4v) is 9.14. The van der Waals surface area contributed by atoms with E-state index >= 15 is 0 Å². The van der Waals surface area contributed by atoms with Gasteiger partial charge in [0.15, 0.2) is 0 Å². The van der Waals surface area contributed by atoms with Crippen molar-refractivity contribution in [2.45, 2.75) is 66.0 Å². The highest BCUT2D eigenvalue weighted by atomic mass is 35.5. The summed E-state index contributed by atoms with van der Waals surface area (Å²) in [4.78, 5) is 18.7. The lowest BCUT2D eigenvalue weighted by Gasteiger charge is -2.45. The number of rotatable bonds is 15. The second-order valence-corrected chi connectivity index (χ2v) is 16.9. The molecule has 2 fully saturated rings. The summed E-state index contributed by atoms with van der Waals surface area (Å²) in [5.74, 6) is 0.550. The Morgan fingerprint density at radius 1 is 1.10 bits per heavy atom. The molecule has 282 valence electrons. The number of hydrogen-bond donors (Lipinski definition) is 2. The molecule has 3 N–H and O–H groups in total. The third-order valence-electron chi connectivity index (χ3n) is 10.1. The highest BCUT2D eigenvalue weighted by Crippen LogP contribution is 2.38. The standard InChI is InChI=1S/C37H50ClN7O5S2/c1-42(2)20-17-29(27-51-31-10-5-4-6-11-31)40-34-14-13-32(25-35(34)45(46)47)52(48,49)41-36(39)44-23-21-43(22-24-44)30-15-18-37(50-3,19-16-30)26-28-9-7-8-12-33(28)38/h4-14,25,29-30,40H,15-24,26-27H2,1-3H3,(H2,39,41)/t29-,30?,37?/m1/s1. The topological polar surface area (TPSA) is 147 Å². The molecule has 1 aliphatic heterocycles. The Hall–Kier alpha value is -3.40. The van der Waals surface area contributed by atoms with Crippen molar-refractivity contribution in [3.63, 3.8) is 0 Å². The number of halogens is 1. The monoisotopic (exact) mass is 771 g/mol. The number of sulfonamides is 1. The normalized spacial score (nSPS) is 20.9. The molecule has 0 unspecified atom stereocenters. The van der Waals surface area contributed by atoms with Crippen LogP contribution in [0.5, 0.6) is 0 Å². The van der Waals surface area contributed by atoms with Gasteiger partial charge in [0.2, 0.25) is 5.96 Å². The minimum atomic E-state index is -4.32. The zero-order chi connectivity index (χ0) is 37.3. The molecule has 1 aliphatic carbocycles. The van der Waals surface area contributed by atoms with Gasteiger partial charge in [-0.2, -0.15) is 8.42 Å². The number of nitrogens with two attached hydrogens (primary N) is 1. The molecule has 0 bridgehead atoms. The van der Waals surface area contributed by atoms with Gasteiger partial charge in [-0.05, 0) is 88.6 Å². The first-order chi connectivity index (χ1) is 24.9. The number of hydrogen-bond acceptors (Lipinski definition) is 9. The van der Waals surface area contributed by atoms with Crippen LogP contribution < -0.4 is 11.1 Å². The molecular weight excluding hydrogens is 722 g/mol. The third-order valence-corrected chi connectivity index (χ3v) is 12.9. The van der Waals surface area contributed by atoms with Crippen LogP contribution in [0.4, 0.5) is 11.4 Å². The van der Waals surface area contributed by atoms with Gasteiger partial charge in [-0.1, -0.05) is 48.0 Å². The molecule has 1 atom stereocenters. The lowest BCUT2D eigenvalue weighted by atomic mass is 9.77. The summed E-state index contributed by atoms with van der Waals surface area (Å²) in [7, 11) is 1.42. The number of anilines is 1. The number of nitrogens with zero attached hydrogens (tertiary/aromatic N) is 5. The summed E-state index contributed by atoms with van der Waals surface area (Å²) in [5.41, 5.74) is 7.04. The summed E-state index contributed by atoms with van der Waals surface area (Å²) < 4.78 is 36.8. The van der Waals surface area contributed by atoms with Crippen LogP contribution in [0, 0.1) is 10.1 Å². The van der Waals surface area contributed by atoms with E-state index in [0.717, 1.165) is 79.7 Å². The lowest BCUT2D eigenvalue weighted by Crippen LogP contribution is -2.55. The summed E-state index contributed by atoms with van der Waals surface area (Å²) in [6.07, 6.45) is 5.33. The number of guanidine groups is 1. The molecule has 1 saturated heterocycles. The van der Waals surface area contributed by atoms with E-state index in [9.17, 15) is 18.5 Å². The number of methoxy groups -OCH3 is 1. The van der Waals surface area contributed by atoms with Crippen LogP contribution in [0.15, 0.2) is 87.0 Å². The van der Waals surface area contributed by atoms with Crippen LogP contribution in [-0.4, -0.2) is 111 Å². The van der Waals surface area contributed by atoms with Gasteiger partial charge in [-0.3, -0.25) is 15.0 Å². The molecule has 1 heterocycles. The molecule has 0 spiro atoms. The quantitative estimate of drug-likeness (QED) is 0.0620. The van der Waals surface area contributed by atoms with E-state index in [0.29, 0.717) is 24.9 Å². The van der Waals surface area contributed by atoms with E-state index in [1.807, 2.05) is 62.6 Å². The van der Waals surface area contributed by atoms with Gasteiger partial charge in [-0.25, -0.2) is 0 Å². The van der Waals surface area contributed by atoms with Crippen LogP contribution in [0.2, 0.25) is 5.02 Å². The number of ether oxygens (including phenoxy) is 1. The van der Waals surface area contributed by atoms with Crippen LogP contribution in [0.25, 0.3) is 0 Å². The first kappa shape index (κ1) is 39.8. The summed E-state index contributed by atoms with van der Waals surface area (Å²) in [6, 6.07) is 22.0. The number of thioether (sulfide) groups is 1. The van der Waals surface area contributed by atoms with E-state index in [-0.39, 0.29) is 33.9 Å². The van der Waals surface area contributed by atoms with E-state index < -0.39 is 14.9 Å². The van der Waals surface area contributed by atoms with Gasteiger partial charge in [-0.15, -0.1) is 16.2 Å². The van der Waals surface area contributed by atoms with Gasteiger partial charge in [0.05, 0.1) is 15.4 Å². The minimum Gasteiger partial charge on any atom is -0.378 e. The summed E-state index contributed by atoms with van der Waals surface area (Å²) in [6.45, 7) is 3.25. The maximum absolute atomic E-state index is 13.4. The fourth-order valence-electron chi connectivity index (χ4n) is 6.98. The smallest absolute Gasteiger partial charge is 0.293 e. The summed E-state index contributed by atoms with van der Waals surface area (Å²) in [5, 5.41) is 16.2. The predicted octanol–water partition coefficient (Wildman–Crippen LogP) is 5.96. The molecular formula is C37H50ClN7O5S2. The van der Waals surface area contributed by atoms with Crippen LogP contribution in [-0.2, 0) is 21.2 Å². The molecule has 12 nitrogen and oxygen atoms in total. The predicted molar refractivity (Wildman–Crippen MR) is 210 cm³/mol. The Labute approximate surface area is 316 Å². The molecule has 2 aliphatic rings. The first-order valence-electron chi connectivity index (χ1n) is 17.6. The van der Waals surface area contributed by atoms with Crippen LogP contribution >= 0.6 is 23.4 Å². The fraction of sp³-hybridized carbons (Fsp3) is 0.486. The molecule has 0 radical (unpaired) electrons. The van der Waals surface area contributed by atoms with Gasteiger partial charge in [0.1, 0.15) is 5.69 Å². The van der Waals surface area contributed by atoms with E-state index in [1.54, 1.807) is 23.8 Å². The molecule has 1 saturated carbocycles. The highest BCUT2D eigenvalue weighted by molar-refractivity contribution is 7.99. The van der Waals surface area contributed by atoms with Crippen LogP contribution in [0.1, 0.15) is 37.7 Å². The largest absolute Gasteiger partial charge is 0.378 e. The van der Waals surface area contributed by atoms with Crippen molar-refractivity contribution >= 4 is 50.7 Å². The molecule has 15 heteroatoms. The van der Waals surface area contributed by atoms with Crippen molar-refractivity contribution in [1.82, 2.24) is 14.7 Å².